The molecule has 0 heterocycles. The maximum Gasteiger partial charge on any atom is 0.306 e. The van der Waals surface area contributed by atoms with E-state index in [1.54, 1.807) is 0 Å². The first-order chi connectivity index (χ1) is 36.0. The second kappa shape index (κ2) is 62.7. The molecule has 73 heavy (non-hydrogen) atoms. The Hall–Kier alpha value is -1.85. The summed E-state index contributed by atoms with van der Waals surface area (Å²) in [4.78, 5) is 38.1. The van der Waals surface area contributed by atoms with Crippen molar-refractivity contribution in [2.45, 2.75) is 386 Å². The van der Waals surface area contributed by atoms with E-state index >= 15 is 0 Å². The minimum absolute atomic E-state index is 0.0643. The van der Waals surface area contributed by atoms with Gasteiger partial charge in [0.1, 0.15) is 13.2 Å². The monoisotopic (exact) mass is 1030 g/mol. The number of hydrogen-bond acceptors (Lipinski definition) is 6. The van der Waals surface area contributed by atoms with Gasteiger partial charge in [-0.2, -0.15) is 0 Å². The molecule has 0 spiro atoms. The lowest BCUT2D eigenvalue weighted by Crippen LogP contribution is -2.30. The molecule has 432 valence electrons. The van der Waals surface area contributed by atoms with Crippen molar-refractivity contribution in [3.05, 3.63) is 12.2 Å². The Balaban J connectivity index is 4.05. The van der Waals surface area contributed by atoms with Crippen LogP contribution in [0.3, 0.4) is 0 Å². The van der Waals surface area contributed by atoms with Crippen LogP contribution in [0.1, 0.15) is 380 Å². The summed E-state index contributed by atoms with van der Waals surface area (Å²) in [6, 6.07) is 0. The Morgan fingerprint density at radius 2 is 0.452 bits per heavy atom. The van der Waals surface area contributed by atoms with Crippen LogP contribution in [-0.4, -0.2) is 37.2 Å². The van der Waals surface area contributed by atoms with E-state index in [0.717, 1.165) is 57.8 Å². The summed E-state index contributed by atoms with van der Waals surface area (Å²) in [5, 5.41) is 0. The van der Waals surface area contributed by atoms with E-state index < -0.39 is 6.10 Å². The van der Waals surface area contributed by atoms with Gasteiger partial charge in [-0.3, -0.25) is 14.4 Å². The molecule has 6 heteroatoms. The zero-order valence-electron chi connectivity index (χ0n) is 49.7. The molecule has 6 nitrogen and oxygen atoms in total. The molecule has 0 saturated heterocycles. The summed E-state index contributed by atoms with van der Waals surface area (Å²) in [7, 11) is 0. The standard InChI is InChI=1S/C67H128O6/c1-4-7-10-13-16-18-20-22-24-26-28-30-32-33-35-36-38-40-42-44-46-48-51-54-57-60-66(69)72-63-64(62-71-65(68)59-56-53-50-15-12-9-6-3)73-67(70)61-58-55-52-49-47-45-43-41-39-37-34-31-29-27-25-23-21-19-17-14-11-8-5-2/h27,29,64H,4-26,28,30-63H2,1-3H3/b29-27-. The van der Waals surface area contributed by atoms with Crippen molar-refractivity contribution in [3.8, 4) is 0 Å². The van der Waals surface area contributed by atoms with Crippen LogP contribution in [0.15, 0.2) is 12.2 Å². The number of rotatable bonds is 62. The van der Waals surface area contributed by atoms with Crippen LogP contribution in [0.25, 0.3) is 0 Å². The molecule has 0 fully saturated rings. The minimum atomic E-state index is -0.764. The maximum atomic E-state index is 12.9. The SMILES string of the molecule is CCCCCCCCCC/C=C\CCCCCCCCCCCCCC(=O)OC(COC(=O)CCCCCCCCC)COC(=O)CCCCCCCCCCCCCCCCCCCCCCCCCCC. The van der Waals surface area contributed by atoms with E-state index in [2.05, 4.69) is 32.9 Å². The van der Waals surface area contributed by atoms with Gasteiger partial charge in [-0.15, -0.1) is 0 Å². The molecule has 0 amide bonds. The van der Waals surface area contributed by atoms with E-state index in [9.17, 15) is 14.4 Å². The second-order valence-corrected chi connectivity index (χ2v) is 22.7. The number of hydrogen-bond donors (Lipinski definition) is 0. The fourth-order valence-corrected chi connectivity index (χ4v) is 10.3. The number of allylic oxidation sites excluding steroid dienone is 2. The first-order valence-electron chi connectivity index (χ1n) is 33.2. The molecule has 0 bridgehead atoms. The lowest BCUT2D eigenvalue weighted by Gasteiger charge is -2.18. The minimum Gasteiger partial charge on any atom is -0.462 e. The Bertz CT molecular complexity index is 1130. The molecule has 0 aliphatic rings. The van der Waals surface area contributed by atoms with Crippen molar-refractivity contribution < 1.29 is 28.6 Å². The van der Waals surface area contributed by atoms with Gasteiger partial charge in [0.15, 0.2) is 6.10 Å². The summed E-state index contributed by atoms with van der Waals surface area (Å²) in [5.74, 6) is -0.844. The molecule has 0 aliphatic carbocycles. The fourth-order valence-electron chi connectivity index (χ4n) is 10.3. The van der Waals surface area contributed by atoms with E-state index in [4.69, 9.17) is 14.2 Å². The van der Waals surface area contributed by atoms with Crippen LogP contribution in [0.4, 0.5) is 0 Å². The van der Waals surface area contributed by atoms with Gasteiger partial charge in [-0.05, 0) is 44.9 Å². The number of esters is 3. The number of carbonyl (C=O) groups excluding carboxylic acids is 3. The summed E-state index contributed by atoms with van der Waals surface area (Å²) in [6.07, 6.45) is 74.0. The van der Waals surface area contributed by atoms with Gasteiger partial charge in [0, 0.05) is 19.3 Å². The van der Waals surface area contributed by atoms with Crippen LogP contribution in [0.2, 0.25) is 0 Å². The summed E-state index contributed by atoms with van der Waals surface area (Å²) >= 11 is 0. The zero-order chi connectivity index (χ0) is 52.9. The molecule has 0 aromatic heterocycles. The van der Waals surface area contributed by atoms with Crippen LogP contribution in [0, 0.1) is 0 Å². The van der Waals surface area contributed by atoms with E-state index in [-0.39, 0.29) is 31.1 Å². The smallest absolute Gasteiger partial charge is 0.306 e. The van der Waals surface area contributed by atoms with Crippen LogP contribution in [0.5, 0.6) is 0 Å². The van der Waals surface area contributed by atoms with E-state index in [1.807, 2.05) is 0 Å². The number of carbonyl (C=O) groups is 3. The Morgan fingerprint density at radius 3 is 0.685 bits per heavy atom. The molecule has 0 N–H and O–H groups in total. The molecular weight excluding hydrogens is 901 g/mol. The van der Waals surface area contributed by atoms with Gasteiger partial charge in [-0.1, -0.05) is 328 Å². The maximum absolute atomic E-state index is 12.9. The summed E-state index contributed by atoms with van der Waals surface area (Å²) < 4.78 is 16.9. The lowest BCUT2D eigenvalue weighted by atomic mass is 10.0. The zero-order valence-corrected chi connectivity index (χ0v) is 49.7. The van der Waals surface area contributed by atoms with Crippen molar-refractivity contribution in [1.82, 2.24) is 0 Å². The van der Waals surface area contributed by atoms with E-state index in [0.29, 0.717) is 19.3 Å². The van der Waals surface area contributed by atoms with Gasteiger partial charge in [-0.25, -0.2) is 0 Å². The fraction of sp³-hybridized carbons (Fsp3) is 0.925. The molecule has 0 radical (unpaired) electrons. The predicted molar refractivity (Wildman–Crippen MR) is 317 cm³/mol. The highest BCUT2D eigenvalue weighted by Crippen LogP contribution is 2.18. The van der Waals surface area contributed by atoms with Crippen LogP contribution in [-0.2, 0) is 28.6 Å². The third-order valence-corrected chi connectivity index (χ3v) is 15.3. The molecule has 1 unspecified atom stereocenters. The van der Waals surface area contributed by atoms with E-state index in [1.165, 1.54) is 283 Å². The predicted octanol–water partition coefficient (Wildman–Crippen LogP) is 22.4. The van der Waals surface area contributed by atoms with Crippen molar-refractivity contribution in [2.75, 3.05) is 13.2 Å². The third kappa shape index (κ3) is 60.9. The quantitative estimate of drug-likeness (QED) is 0.0261. The third-order valence-electron chi connectivity index (χ3n) is 15.3. The summed E-state index contributed by atoms with van der Waals surface area (Å²) in [6.45, 7) is 6.67. The first-order valence-corrected chi connectivity index (χ1v) is 33.2. The average Bonchev–Trinajstić information content (AvgIpc) is 3.39. The van der Waals surface area contributed by atoms with Gasteiger partial charge < -0.3 is 14.2 Å². The highest BCUT2D eigenvalue weighted by molar-refractivity contribution is 5.71. The summed E-state index contributed by atoms with van der Waals surface area (Å²) in [5.41, 5.74) is 0. The van der Waals surface area contributed by atoms with Crippen molar-refractivity contribution >= 4 is 17.9 Å². The average molecular weight is 1030 g/mol. The molecular formula is C67H128O6. The molecule has 0 aliphatic heterocycles. The van der Waals surface area contributed by atoms with Crippen LogP contribution < -0.4 is 0 Å². The topological polar surface area (TPSA) is 78.9 Å². The highest BCUT2D eigenvalue weighted by Gasteiger charge is 2.19. The van der Waals surface area contributed by atoms with Crippen molar-refractivity contribution in [3.63, 3.8) is 0 Å². The van der Waals surface area contributed by atoms with Gasteiger partial charge in [0.05, 0.1) is 0 Å². The first kappa shape index (κ1) is 71.2. The number of ether oxygens (including phenoxy) is 3. The Kier molecular flexibility index (Phi) is 61.1. The molecule has 0 aromatic carbocycles. The normalized spacial score (nSPS) is 12.0. The van der Waals surface area contributed by atoms with Gasteiger partial charge >= 0.3 is 17.9 Å². The van der Waals surface area contributed by atoms with Gasteiger partial charge in [0.25, 0.3) is 0 Å². The Morgan fingerprint density at radius 1 is 0.260 bits per heavy atom. The molecule has 0 saturated carbocycles. The highest BCUT2D eigenvalue weighted by atomic mass is 16.6. The van der Waals surface area contributed by atoms with Crippen LogP contribution >= 0.6 is 0 Å². The largest absolute Gasteiger partial charge is 0.462 e. The van der Waals surface area contributed by atoms with Crippen molar-refractivity contribution in [1.29, 1.82) is 0 Å². The molecule has 1 atom stereocenters. The number of unbranched alkanes of at least 4 members (excludes halogenated alkanes) is 49. The second-order valence-electron chi connectivity index (χ2n) is 22.7. The Labute approximate surface area is 456 Å². The molecule has 0 aromatic rings. The van der Waals surface area contributed by atoms with Crippen molar-refractivity contribution in [2.24, 2.45) is 0 Å². The van der Waals surface area contributed by atoms with Gasteiger partial charge in [0.2, 0.25) is 0 Å². The molecule has 0 rings (SSSR count). The lowest BCUT2D eigenvalue weighted by molar-refractivity contribution is -0.167.